The van der Waals surface area contributed by atoms with Crippen molar-refractivity contribution in [2.24, 2.45) is 0 Å². The van der Waals surface area contributed by atoms with E-state index >= 15 is 0 Å². The molecule has 0 saturated carbocycles. The summed E-state index contributed by atoms with van der Waals surface area (Å²) >= 11 is 0. The Kier molecular flexibility index (Phi) is 7.35. The van der Waals surface area contributed by atoms with Gasteiger partial charge in [0.2, 0.25) is 0 Å². The quantitative estimate of drug-likeness (QED) is 0.513. The van der Waals surface area contributed by atoms with E-state index in [0.717, 1.165) is 42.0 Å². The molecule has 1 unspecified atom stereocenters. The molecule has 0 bridgehead atoms. The molecule has 1 aliphatic heterocycles. The average Bonchev–Trinajstić information content (AvgIpc) is 2.73. The topological polar surface area (TPSA) is 41.6 Å². The summed E-state index contributed by atoms with van der Waals surface area (Å²) in [5.41, 5.74) is 2.69. The molecule has 0 radical (unpaired) electrons. The van der Waals surface area contributed by atoms with Gasteiger partial charge in [-0.2, -0.15) is 0 Å². The third-order valence-corrected chi connectivity index (χ3v) is 5.18. The number of nitrogens with one attached hydrogen (secondary N) is 1. The molecule has 150 valence electrons. The van der Waals surface area contributed by atoms with Crippen molar-refractivity contribution in [1.82, 2.24) is 4.90 Å². The molecule has 1 N–H and O–H groups in total. The normalized spacial score (nSPS) is 15.9. The molecule has 28 heavy (non-hydrogen) atoms. The first kappa shape index (κ1) is 20.2. The Morgan fingerprint density at radius 2 is 1.79 bits per heavy atom. The Labute approximate surface area is 168 Å². The number of carbonyl (C=O) groups excluding carboxylic acids is 1. The lowest BCUT2D eigenvalue weighted by molar-refractivity contribution is 0.0683. The van der Waals surface area contributed by atoms with Gasteiger partial charge >= 0.3 is 0 Å². The van der Waals surface area contributed by atoms with Crippen LogP contribution in [0, 0.1) is 0 Å². The molecule has 2 aromatic carbocycles. The van der Waals surface area contributed by atoms with E-state index in [1.54, 1.807) is 0 Å². The molecule has 0 spiro atoms. The SMILES string of the molecule is CCCCCCCOc1cccc(C2Nc3ccccc3C(=O)N2CCC)c1. The zero-order valence-corrected chi connectivity index (χ0v) is 17.1. The van der Waals surface area contributed by atoms with Crippen molar-refractivity contribution in [1.29, 1.82) is 0 Å². The molecule has 0 aliphatic carbocycles. The van der Waals surface area contributed by atoms with E-state index in [4.69, 9.17) is 4.74 Å². The van der Waals surface area contributed by atoms with Crippen molar-refractivity contribution in [3.05, 3.63) is 59.7 Å². The van der Waals surface area contributed by atoms with Crippen molar-refractivity contribution in [3.63, 3.8) is 0 Å². The number of fused-ring (bicyclic) bond motifs is 1. The zero-order valence-electron chi connectivity index (χ0n) is 17.1. The van der Waals surface area contributed by atoms with Gasteiger partial charge in [-0.25, -0.2) is 0 Å². The average molecular weight is 381 g/mol. The number of para-hydroxylation sites is 1. The second-order valence-electron chi connectivity index (χ2n) is 7.43. The number of ether oxygens (including phenoxy) is 1. The predicted octanol–water partition coefficient (Wildman–Crippen LogP) is 6.01. The van der Waals surface area contributed by atoms with Crippen molar-refractivity contribution in [2.45, 2.75) is 58.5 Å². The number of nitrogens with zero attached hydrogens (tertiary/aromatic N) is 1. The molecule has 1 aliphatic rings. The standard InChI is InChI=1S/C24H32N2O2/c1-3-5-6-7-10-17-28-20-13-11-12-19(18-20)23-25-22-15-9-8-14-21(22)24(27)26(23)16-4-2/h8-9,11-15,18,23,25H,3-7,10,16-17H2,1-2H3. The van der Waals surface area contributed by atoms with Gasteiger partial charge in [-0.3, -0.25) is 4.79 Å². The van der Waals surface area contributed by atoms with Gasteiger partial charge in [-0.1, -0.05) is 63.8 Å². The van der Waals surface area contributed by atoms with Crippen LogP contribution in [0.5, 0.6) is 5.75 Å². The van der Waals surface area contributed by atoms with Crippen LogP contribution in [0.3, 0.4) is 0 Å². The molecule has 0 saturated heterocycles. The van der Waals surface area contributed by atoms with Crippen molar-refractivity contribution in [2.75, 3.05) is 18.5 Å². The minimum Gasteiger partial charge on any atom is -0.494 e. The summed E-state index contributed by atoms with van der Waals surface area (Å²) in [6.45, 7) is 5.79. The first-order chi connectivity index (χ1) is 13.7. The van der Waals surface area contributed by atoms with Crippen molar-refractivity contribution >= 4 is 11.6 Å². The Morgan fingerprint density at radius 1 is 0.964 bits per heavy atom. The summed E-state index contributed by atoms with van der Waals surface area (Å²) in [5, 5.41) is 3.55. The maximum Gasteiger partial charge on any atom is 0.257 e. The minimum atomic E-state index is -0.171. The highest BCUT2D eigenvalue weighted by Gasteiger charge is 2.32. The van der Waals surface area contributed by atoms with Gasteiger partial charge in [0.15, 0.2) is 0 Å². The van der Waals surface area contributed by atoms with E-state index in [9.17, 15) is 4.79 Å². The second kappa shape index (κ2) is 10.2. The third-order valence-electron chi connectivity index (χ3n) is 5.18. The van der Waals surface area contributed by atoms with Crippen molar-refractivity contribution < 1.29 is 9.53 Å². The van der Waals surface area contributed by atoms with E-state index in [1.165, 1.54) is 25.7 Å². The molecular weight excluding hydrogens is 348 g/mol. The van der Waals surface area contributed by atoms with E-state index in [-0.39, 0.29) is 12.1 Å². The molecule has 4 heteroatoms. The fourth-order valence-corrected chi connectivity index (χ4v) is 3.70. The number of hydrogen-bond donors (Lipinski definition) is 1. The number of anilines is 1. The minimum absolute atomic E-state index is 0.0865. The third kappa shape index (κ3) is 4.86. The van der Waals surface area contributed by atoms with Crippen LogP contribution < -0.4 is 10.1 Å². The molecular formula is C24H32N2O2. The van der Waals surface area contributed by atoms with Crippen LogP contribution in [0.4, 0.5) is 5.69 Å². The van der Waals surface area contributed by atoms with E-state index in [0.29, 0.717) is 6.54 Å². The van der Waals surface area contributed by atoms with Crippen LogP contribution in [-0.4, -0.2) is 24.0 Å². The monoisotopic (exact) mass is 380 g/mol. The first-order valence-corrected chi connectivity index (χ1v) is 10.6. The number of amides is 1. The summed E-state index contributed by atoms with van der Waals surface area (Å²) in [7, 11) is 0. The zero-order chi connectivity index (χ0) is 19.8. The van der Waals surface area contributed by atoms with Crippen LogP contribution in [0.15, 0.2) is 48.5 Å². The Balaban J connectivity index is 1.71. The van der Waals surface area contributed by atoms with Crippen LogP contribution in [-0.2, 0) is 0 Å². The first-order valence-electron chi connectivity index (χ1n) is 10.6. The number of unbranched alkanes of at least 4 members (excludes halogenated alkanes) is 4. The van der Waals surface area contributed by atoms with E-state index in [2.05, 4.69) is 31.3 Å². The lowest BCUT2D eigenvalue weighted by atomic mass is 10.0. The number of carbonyl (C=O) groups is 1. The highest BCUT2D eigenvalue weighted by Crippen LogP contribution is 2.34. The number of hydrogen-bond acceptors (Lipinski definition) is 3. The van der Waals surface area contributed by atoms with E-state index < -0.39 is 0 Å². The summed E-state index contributed by atoms with van der Waals surface area (Å²) in [6.07, 6.45) is 6.88. The molecule has 2 aromatic rings. The van der Waals surface area contributed by atoms with Gasteiger partial charge in [0.1, 0.15) is 11.9 Å². The second-order valence-corrected chi connectivity index (χ2v) is 7.43. The van der Waals surface area contributed by atoms with Gasteiger partial charge in [0.25, 0.3) is 5.91 Å². The summed E-state index contributed by atoms with van der Waals surface area (Å²) < 4.78 is 5.98. The fraction of sp³-hybridized carbons (Fsp3) is 0.458. The largest absolute Gasteiger partial charge is 0.494 e. The number of rotatable bonds is 10. The van der Waals surface area contributed by atoms with Crippen molar-refractivity contribution in [3.8, 4) is 5.75 Å². The van der Waals surface area contributed by atoms with E-state index in [1.807, 2.05) is 41.3 Å². The Hall–Kier alpha value is -2.49. The van der Waals surface area contributed by atoms with Crippen LogP contribution >= 0.6 is 0 Å². The lowest BCUT2D eigenvalue weighted by Gasteiger charge is -2.38. The summed E-state index contributed by atoms with van der Waals surface area (Å²) in [4.78, 5) is 15.0. The van der Waals surface area contributed by atoms with Gasteiger partial charge < -0.3 is 15.0 Å². The van der Waals surface area contributed by atoms with Crippen LogP contribution in [0.1, 0.15) is 74.5 Å². The smallest absolute Gasteiger partial charge is 0.257 e. The highest BCUT2D eigenvalue weighted by atomic mass is 16.5. The Bertz CT molecular complexity index is 775. The maximum atomic E-state index is 13.0. The lowest BCUT2D eigenvalue weighted by Crippen LogP contribution is -2.43. The van der Waals surface area contributed by atoms with Gasteiger partial charge in [0.05, 0.1) is 12.2 Å². The molecule has 0 fully saturated rings. The molecule has 3 rings (SSSR count). The number of benzene rings is 2. The van der Waals surface area contributed by atoms with Gasteiger partial charge in [-0.05, 0) is 42.7 Å². The fourth-order valence-electron chi connectivity index (χ4n) is 3.70. The molecule has 1 heterocycles. The molecule has 4 nitrogen and oxygen atoms in total. The van der Waals surface area contributed by atoms with Crippen LogP contribution in [0.25, 0.3) is 0 Å². The summed E-state index contributed by atoms with van der Waals surface area (Å²) in [6, 6.07) is 15.9. The highest BCUT2D eigenvalue weighted by molar-refractivity contribution is 6.01. The molecule has 0 aromatic heterocycles. The summed E-state index contributed by atoms with van der Waals surface area (Å²) in [5.74, 6) is 0.959. The van der Waals surface area contributed by atoms with Gasteiger partial charge in [0, 0.05) is 12.2 Å². The van der Waals surface area contributed by atoms with Crippen LogP contribution in [0.2, 0.25) is 0 Å². The molecule has 1 atom stereocenters. The molecule has 1 amide bonds. The predicted molar refractivity (Wildman–Crippen MR) is 115 cm³/mol. The maximum absolute atomic E-state index is 13.0. The van der Waals surface area contributed by atoms with Gasteiger partial charge in [-0.15, -0.1) is 0 Å². The Morgan fingerprint density at radius 3 is 2.61 bits per heavy atom.